The van der Waals surface area contributed by atoms with Gasteiger partial charge in [-0.2, -0.15) is 0 Å². The van der Waals surface area contributed by atoms with Crippen LogP contribution < -0.4 is 10.9 Å². The molecule has 0 aromatic carbocycles. The van der Waals surface area contributed by atoms with Gasteiger partial charge in [0, 0.05) is 0 Å². The monoisotopic (exact) mass is 279 g/mol. The molecular formula is C14H21N3O3. The SMILES string of the molecule is O=C(CN1CCCCCCC1)NNC(=O)c1ccco1. The van der Waals surface area contributed by atoms with Crippen LogP contribution >= 0.6 is 0 Å². The smallest absolute Gasteiger partial charge is 0.305 e. The molecule has 6 nitrogen and oxygen atoms in total. The van der Waals surface area contributed by atoms with Crippen LogP contribution in [0.5, 0.6) is 0 Å². The first-order valence-electron chi connectivity index (χ1n) is 7.11. The molecule has 2 amide bonds. The maximum atomic E-state index is 11.8. The molecule has 1 aliphatic rings. The summed E-state index contributed by atoms with van der Waals surface area (Å²) < 4.78 is 4.93. The Morgan fingerprint density at radius 1 is 1.10 bits per heavy atom. The second kappa shape index (κ2) is 7.69. The van der Waals surface area contributed by atoms with E-state index in [2.05, 4.69) is 15.8 Å². The van der Waals surface area contributed by atoms with Crippen molar-refractivity contribution in [1.29, 1.82) is 0 Å². The Balaban J connectivity index is 1.70. The molecule has 1 aromatic heterocycles. The van der Waals surface area contributed by atoms with E-state index in [1.807, 2.05) is 0 Å². The third-order valence-electron chi connectivity index (χ3n) is 3.38. The van der Waals surface area contributed by atoms with Crippen LogP contribution in [0.25, 0.3) is 0 Å². The molecule has 0 bridgehead atoms. The minimum absolute atomic E-state index is 0.177. The van der Waals surface area contributed by atoms with Gasteiger partial charge in [-0.1, -0.05) is 19.3 Å². The second-order valence-corrected chi connectivity index (χ2v) is 5.02. The van der Waals surface area contributed by atoms with E-state index in [1.54, 1.807) is 12.1 Å². The number of hydrogen-bond donors (Lipinski definition) is 2. The van der Waals surface area contributed by atoms with Crippen LogP contribution in [0.2, 0.25) is 0 Å². The molecule has 2 heterocycles. The third kappa shape index (κ3) is 4.70. The fraction of sp³-hybridized carbons (Fsp3) is 0.571. The van der Waals surface area contributed by atoms with Crippen LogP contribution in [-0.4, -0.2) is 36.3 Å². The molecule has 0 unspecified atom stereocenters. The maximum Gasteiger partial charge on any atom is 0.305 e. The van der Waals surface area contributed by atoms with Gasteiger partial charge in [-0.15, -0.1) is 0 Å². The van der Waals surface area contributed by atoms with Crippen LogP contribution in [0.15, 0.2) is 22.8 Å². The number of furan rings is 1. The topological polar surface area (TPSA) is 74.6 Å². The van der Waals surface area contributed by atoms with Gasteiger partial charge in [0.2, 0.25) is 0 Å². The number of carbonyl (C=O) groups is 2. The molecule has 1 aliphatic heterocycles. The maximum absolute atomic E-state index is 11.8. The van der Waals surface area contributed by atoms with Gasteiger partial charge >= 0.3 is 5.91 Å². The summed E-state index contributed by atoms with van der Waals surface area (Å²) in [4.78, 5) is 25.5. The first-order valence-corrected chi connectivity index (χ1v) is 7.11. The van der Waals surface area contributed by atoms with Gasteiger partial charge in [-0.3, -0.25) is 25.3 Å². The Morgan fingerprint density at radius 2 is 1.80 bits per heavy atom. The highest BCUT2D eigenvalue weighted by atomic mass is 16.3. The lowest BCUT2D eigenvalue weighted by Crippen LogP contribution is -2.46. The number of rotatable bonds is 3. The van der Waals surface area contributed by atoms with Gasteiger partial charge in [0.15, 0.2) is 5.76 Å². The second-order valence-electron chi connectivity index (χ2n) is 5.02. The van der Waals surface area contributed by atoms with E-state index in [1.165, 1.54) is 25.5 Å². The molecule has 20 heavy (non-hydrogen) atoms. The molecule has 2 rings (SSSR count). The van der Waals surface area contributed by atoms with Crippen molar-refractivity contribution >= 4 is 11.8 Å². The standard InChI is InChI=1S/C14H21N3O3/c18-13(11-17-8-4-2-1-3-5-9-17)15-16-14(19)12-7-6-10-20-12/h6-7,10H,1-5,8-9,11H2,(H,15,18)(H,16,19). The largest absolute Gasteiger partial charge is 0.459 e. The lowest BCUT2D eigenvalue weighted by Gasteiger charge is -2.23. The zero-order valence-corrected chi connectivity index (χ0v) is 11.6. The average Bonchev–Trinajstić information content (AvgIpc) is 2.93. The van der Waals surface area contributed by atoms with Crippen molar-refractivity contribution in [1.82, 2.24) is 15.8 Å². The predicted octanol–water partition coefficient (Wildman–Crippen LogP) is 1.31. The highest BCUT2D eigenvalue weighted by molar-refractivity contribution is 5.93. The van der Waals surface area contributed by atoms with Crippen molar-refractivity contribution in [3.63, 3.8) is 0 Å². The molecule has 6 heteroatoms. The third-order valence-corrected chi connectivity index (χ3v) is 3.38. The summed E-state index contributed by atoms with van der Waals surface area (Å²) in [5, 5.41) is 0. The Hall–Kier alpha value is -1.82. The van der Waals surface area contributed by atoms with E-state index < -0.39 is 5.91 Å². The van der Waals surface area contributed by atoms with Gasteiger partial charge in [-0.05, 0) is 38.1 Å². The number of nitrogens with one attached hydrogen (secondary N) is 2. The van der Waals surface area contributed by atoms with Crippen molar-refractivity contribution < 1.29 is 14.0 Å². The lowest BCUT2D eigenvalue weighted by molar-refractivity contribution is -0.123. The number of nitrogens with zero attached hydrogens (tertiary/aromatic N) is 1. The van der Waals surface area contributed by atoms with Crippen LogP contribution in [-0.2, 0) is 4.79 Å². The van der Waals surface area contributed by atoms with E-state index in [0.29, 0.717) is 6.54 Å². The quantitative estimate of drug-likeness (QED) is 0.818. The average molecular weight is 279 g/mol. The molecule has 0 radical (unpaired) electrons. The normalized spacial score (nSPS) is 17.0. The molecule has 0 saturated carbocycles. The molecule has 0 spiro atoms. The van der Waals surface area contributed by atoms with Crippen LogP contribution in [0.4, 0.5) is 0 Å². The number of carbonyl (C=O) groups excluding carboxylic acids is 2. The Bertz CT molecular complexity index is 423. The zero-order chi connectivity index (χ0) is 14.2. The summed E-state index contributed by atoms with van der Waals surface area (Å²) >= 11 is 0. The minimum atomic E-state index is -0.448. The molecule has 0 atom stereocenters. The first kappa shape index (κ1) is 14.6. The zero-order valence-electron chi connectivity index (χ0n) is 11.6. The van der Waals surface area contributed by atoms with E-state index in [9.17, 15) is 9.59 Å². The van der Waals surface area contributed by atoms with E-state index in [0.717, 1.165) is 25.9 Å². The van der Waals surface area contributed by atoms with Crippen LogP contribution in [0.3, 0.4) is 0 Å². The molecule has 1 fully saturated rings. The van der Waals surface area contributed by atoms with Crippen molar-refractivity contribution in [2.24, 2.45) is 0 Å². The number of amides is 2. The molecule has 110 valence electrons. The summed E-state index contributed by atoms with van der Waals surface area (Å²) in [6.07, 6.45) is 7.43. The predicted molar refractivity (Wildman–Crippen MR) is 73.8 cm³/mol. The first-order chi connectivity index (χ1) is 9.75. The summed E-state index contributed by atoms with van der Waals surface area (Å²) in [6, 6.07) is 3.16. The van der Waals surface area contributed by atoms with Gasteiger partial charge in [0.05, 0.1) is 12.8 Å². The number of hydrogen-bond acceptors (Lipinski definition) is 4. The number of hydrazine groups is 1. The highest BCUT2D eigenvalue weighted by Crippen LogP contribution is 2.09. The van der Waals surface area contributed by atoms with Crippen molar-refractivity contribution in [3.05, 3.63) is 24.2 Å². The summed E-state index contributed by atoms with van der Waals surface area (Å²) in [6.45, 7) is 2.21. The van der Waals surface area contributed by atoms with Crippen molar-refractivity contribution in [3.8, 4) is 0 Å². The van der Waals surface area contributed by atoms with Gasteiger partial charge in [-0.25, -0.2) is 0 Å². The van der Waals surface area contributed by atoms with Crippen LogP contribution in [0, 0.1) is 0 Å². The number of likely N-dealkylation sites (tertiary alicyclic amines) is 1. The lowest BCUT2D eigenvalue weighted by atomic mass is 10.1. The molecular weight excluding hydrogens is 258 g/mol. The van der Waals surface area contributed by atoms with Crippen LogP contribution in [0.1, 0.15) is 42.7 Å². The van der Waals surface area contributed by atoms with E-state index in [4.69, 9.17) is 4.42 Å². The van der Waals surface area contributed by atoms with E-state index in [-0.39, 0.29) is 11.7 Å². The minimum Gasteiger partial charge on any atom is -0.459 e. The fourth-order valence-corrected chi connectivity index (χ4v) is 2.31. The Labute approximate surface area is 118 Å². The molecule has 1 aromatic rings. The van der Waals surface area contributed by atoms with Gasteiger partial charge in [0.1, 0.15) is 0 Å². The van der Waals surface area contributed by atoms with Gasteiger partial charge in [0.25, 0.3) is 5.91 Å². The summed E-state index contributed by atoms with van der Waals surface area (Å²) in [5.74, 6) is -0.474. The molecule has 0 aliphatic carbocycles. The van der Waals surface area contributed by atoms with Gasteiger partial charge < -0.3 is 4.42 Å². The molecule has 1 saturated heterocycles. The van der Waals surface area contributed by atoms with E-state index >= 15 is 0 Å². The Kier molecular flexibility index (Phi) is 5.61. The Morgan fingerprint density at radius 3 is 2.45 bits per heavy atom. The fourth-order valence-electron chi connectivity index (χ4n) is 2.31. The summed E-state index contributed by atoms with van der Waals surface area (Å²) in [5.41, 5.74) is 4.76. The summed E-state index contributed by atoms with van der Waals surface area (Å²) in [7, 11) is 0. The van der Waals surface area contributed by atoms with Crippen molar-refractivity contribution in [2.75, 3.05) is 19.6 Å². The van der Waals surface area contributed by atoms with Crippen molar-refractivity contribution in [2.45, 2.75) is 32.1 Å². The highest BCUT2D eigenvalue weighted by Gasteiger charge is 2.14. The molecule has 2 N–H and O–H groups in total.